The summed E-state index contributed by atoms with van der Waals surface area (Å²) in [6, 6.07) is 5.24. The van der Waals surface area contributed by atoms with E-state index in [0.29, 0.717) is 42.5 Å². The number of hydrogen-bond acceptors (Lipinski definition) is 4. The van der Waals surface area contributed by atoms with Gasteiger partial charge in [-0.15, -0.1) is 0 Å². The molecular weight excluding hydrogens is 352 g/mol. The summed E-state index contributed by atoms with van der Waals surface area (Å²) in [6.45, 7) is 4.79. The number of benzene rings is 1. The molecule has 0 N–H and O–H groups in total. The first kappa shape index (κ1) is 17.3. The summed E-state index contributed by atoms with van der Waals surface area (Å²) in [5.74, 6) is 0.150. The van der Waals surface area contributed by atoms with E-state index >= 15 is 0 Å². The highest BCUT2D eigenvalue weighted by Gasteiger charge is 2.30. The normalized spacial score (nSPS) is 16.7. The summed E-state index contributed by atoms with van der Waals surface area (Å²) < 4.78 is 30.9. The molecule has 1 saturated heterocycles. The van der Waals surface area contributed by atoms with Crippen molar-refractivity contribution in [3.8, 4) is 0 Å². The van der Waals surface area contributed by atoms with Crippen molar-refractivity contribution in [1.29, 1.82) is 0 Å². The number of rotatable bonds is 3. The zero-order valence-corrected chi connectivity index (χ0v) is 15.2. The molecule has 0 aliphatic carbocycles. The van der Waals surface area contributed by atoms with E-state index in [4.69, 9.17) is 16.0 Å². The van der Waals surface area contributed by atoms with Crippen molar-refractivity contribution in [1.82, 2.24) is 9.21 Å². The Morgan fingerprint density at radius 2 is 1.92 bits per heavy atom. The minimum atomic E-state index is -3.21. The molecule has 0 unspecified atom stereocenters. The first-order valence-corrected chi connectivity index (χ1v) is 9.78. The Bertz CT molecular complexity index is 883. The van der Waals surface area contributed by atoms with Crippen LogP contribution in [0, 0.1) is 6.92 Å². The topological polar surface area (TPSA) is 70.8 Å². The minimum Gasteiger partial charge on any atom is -0.451 e. The van der Waals surface area contributed by atoms with Crippen molar-refractivity contribution in [3.63, 3.8) is 0 Å². The van der Waals surface area contributed by atoms with Gasteiger partial charge in [-0.3, -0.25) is 4.79 Å². The molecule has 1 aromatic carbocycles. The van der Waals surface area contributed by atoms with Gasteiger partial charge in [0.2, 0.25) is 10.0 Å². The molecule has 0 radical (unpaired) electrons. The van der Waals surface area contributed by atoms with Gasteiger partial charge in [-0.05, 0) is 32.0 Å². The number of carbonyl (C=O) groups is 1. The number of halogens is 1. The zero-order chi connectivity index (χ0) is 17.5. The lowest BCUT2D eigenvalue weighted by molar-refractivity contribution is 0.0667. The van der Waals surface area contributed by atoms with Crippen LogP contribution in [0.3, 0.4) is 0 Å². The number of sulfonamides is 1. The monoisotopic (exact) mass is 370 g/mol. The lowest BCUT2D eigenvalue weighted by Gasteiger charge is -2.33. The van der Waals surface area contributed by atoms with Crippen LogP contribution >= 0.6 is 11.6 Å². The van der Waals surface area contributed by atoms with Crippen molar-refractivity contribution < 1.29 is 17.6 Å². The van der Waals surface area contributed by atoms with E-state index < -0.39 is 10.0 Å². The Balaban J connectivity index is 1.80. The smallest absolute Gasteiger partial charge is 0.289 e. The largest absolute Gasteiger partial charge is 0.451 e. The molecule has 130 valence electrons. The van der Waals surface area contributed by atoms with Gasteiger partial charge in [0, 0.05) is 42.2 Å². The molecule has 1 fully saturated rings. The van der Waals surface area contributed by atoms with Crippen LogP contribution in [0.25, 0.3) is 11.0 Å². The first-order valence-electron chi connectivity index (χ1n) is 7.79. The van der Waals surface area contributed by atoms with Gasteiger partial charge in [-0.25, -0.2) is 8.42 Å². The average molecular weight is 371 g/mol. The molecule has 1 aromatic heterocycles. The quantitative estimate of drug-likeness (QED) is 0.832. The van der Waals surface area contributed by atoms with E-state index in [1.807, 2.05) is 6.92 Å². The fraction of sp³-hybridized carbons (Fsp3) is 0.438. The lowest BCUT2D eigenvalue weighted by Crippen LogP contribution is -2.50. The Hall–Kier alpha value is -1.57. The van der Waals surface area contributed by atoms with E-state index in [1.54, 1.807) is 30.0 Å². The molecule has 6 nitrogen and oxygen atoms in total. The highest BCUT2D eigenvalue weighted by atomic mass is 35.5. The van der Waals surface area contributed by atoms with Crippen molar-refractivity contribution in [2.75, 3.05) is 31.9 Å². The maximum Gasteiger partial charge on any atom is 0.289 e. The number of hydrogen-bond donors (Lipinski definition) is 0. The summed E-state index contributed by atoms with van der Waals surface area (Å²) in [5, 5.41) is 1.40. The molecule has 8 heteroatoms. The number of aryl methyl sites for hydroxylation is 1. The maximum absolute atomic E-state index is 12.7. The summed E-state index contributed by atoms with van der Waals surface area (Å²) in [4.78, 5) is 14.4. The number of amides is 1. The standard InChI is InChI=1S/C16H19ClN2O4S/c1-3-24(21,22)19-8-6-18(7-9-19)16(20)15-11(2)13-10-12(17)4-5-14(13)23-15/h4-5,10H,3,6-9H2,1-2H3. The van der Waals surface area contributed by atoms with Gasteiger partial charge < -0.3 is 9.32 Å². The van der Waals surface area contributed by atoms with Gasteiger partial charge in [-0.1, -0.05) is 11.6 Å². The fourth-order valence-corrected chi connectivity index (χ4v) is 4.15. The van der Waals surface area contributed by atoms with Crippen molar-refractivity contribution in [2.45, 2.75) is 13.8 Å². The van der Waals surface area contributed by atoms with Crippen LogP contribution in [-0.4, -0.2) is 55.5 Å². The molecule has 1 aliphatic rings. The molecule has 3 rings (SSSR count). The Kier molecular flexibility index (Phi) is 4.59. The summed E-state index contributed by atoms with van der Waals surface area (Å²) >= 11 is 6.00. The number of nitrogens with zero attached hydrogens (tertiary/aromatic N) is 2. The molecule has 2 aromatic rings. The van der Waals surface area contributed by atoms with Crippen LogP contribution in [0.5, 0.6) is 0 Å². The van der Waals surface area contributed by atoms with E-state index in [0.717, 1.165) is 10.9 Å². The predicted molar refractivity (Wildman–Crippen MR) is 92.9 cm³/mol. The molecule has 0 atom stereocenters. The van der Waals surface area contributed by atoms with Crippen molar-refractivity contribution >= 4 is 38.5 Å². The first-order chi connectivity index (χ1) is 11.3. The van der Waals surface area contributed by atoms with Crippen molar-refractivity contribution in [3.05, 3.63) is 34.5 Å². The molecule has 2 heterocycles. The van der Waals surface area contributed by atoms with Crippen LogP contribution < -0.4 is 0 Å². The second kappa shape index (κ2) is 6.38. The third-order valence-corrected chi connectivity index (χ3v) is 6.49. The second-order valence-corrected chi connectivity index (χ2v) is 8.48. The molecule has 1 amide bonds. The lowest BCUT2D eigenvalue weighted by atomic mass is 10.1. The SMILES string of the molecule is CCS(=O)(=O)N1CCN(C(=O)c2oc3ccc(Cl)cc3c2C)CC1. The number of carbonyl (C=O) groups excluding carboxylic acids is 1. The maximum atomic E-state index is 12.7. The van der Waals surface area contributed by atoms with Crippen LogP contribution in [-0.2, 0) is 10.0 Å². The Labute approximate surface area is 146 Å². The number of furan rings is 1. The minimum absolute atomic E-state index is 0.0738. The third kappa shape index (κ3) is 3.03. The van der Waals surface area contributed by atoms with Gasteiger partial charge in [0.05, 0.1) is 5.75 Å². The van der Waals surface area contributed by atoms with Crippen LogP contribution in [0.4, 0.5) is 0 Å². The summed E-state index contributed by atoms with van der Waals surface area (Å²) in [5.41, 5.74) is 1.37. The Morgan fingerprint density at radius 1 is 1.25 bits per heavy atom. The predicted octanol–water partition coefficient (Wildman–Crippen LogP) is 2.50. The molecule has 0 bridgehead atoms. The number of piperazine rings is 1. The summed E-state index contributed by atoms with van der Waals surface area (Å²) in [6.07, 6.45) is 0. The van der Waals surface area contributed by atoms with Gasteiger partial charge in [0.15, 0.2) is 5.76 Å². The highest BCUT2D eigenvalue weighted by molar-refractivity contribution is 7.89. The van der Waals surface area contributed by atoms with Gasteiger partial charge in [0.25, 0.3) is 5.91 Å². The van der Waals surface area contributed by atoms with E-state index in [2.05, 4.69) is 0 Å². The van der Waals surface area contributed by atoms with E-state index in [1.165, 1.54) is 4.31 Å². The molecule has 1 aliphatic heterocycles. The number of fused-ring (bicyclic) bond motifs is 1. The van der Waals surface area contributed by atoms with Gasteiger partial charge in [0.1, 0.15) is 5.58 Å². The average Bonchev–Trinajstić information content (AvgIpc) is 2.91. The van der Waals surface area contributed by atoms with Crippen LogP contribution in [0.15, 0.2) is 22.6 Å². The molecule has 24 heavy (non-hydrogen) atoms. The zero-order valence-electron chi connectivity index (χ0n) is 13.6. The molecule has 0 spiro atoms. The summed E-state index contributed by atoms with van der Waals surface area (Å²) in [7, 11) is -3.21. The Morgan fingerprint density at radius 3 is 2.54 bits per heavy atom. The van der Waals surface area contributed by atoms with Crippen LogP contribution in [0.2, 0.25) is 5.02 Å². The van der Waals surface area contributed by atoms with Crippen molar-refractivity contribution in [2.24, 2.45) is 0 Å². The van der Waals surface area contributed by atoms with Crippen LogP contribution in [0.1, 0.15) is 23.0 Å². The second-order valence-electron chi connectivity index (χ2n) is 5.79. The highest BCUT2D eigenvalue weighted by Crippen LogP contribution is 2.29. The van der Waals surface area contributed by atoms with Gasteiger partial charge in [-0.2, -0.15) is 4.31 Å². The van der Waals surface area contributed by atoms with E-state index in [9.17, 15) is 13.2 Å². The fourth-order valence-electron chi connectivity index (χ4n) is 2.89. The van der Waals surface area contributed by atoms with E-state index in [-0.39, 0.29) is 11.7 Å². The van der Waals surface area contributed by atoms with Gasteiger partial charge >= 0.3 is 0 Å². The third-order valence-electron chi connectivity index (χ3n) is 4.38. The molecule has 0 saturated carbocycles. The molecular formula is C16H19ClN2O4S.